The first-order valence-electron chi connectivity index (χ1n) is 9.54. The number of carbonyl (C=O) groups is 2. The molecule has 0 bridgehead atoms. The van der Waals surface area contributed by atoms with Crippen LogP contribution in [0.1, 0.15) is 16.7 Å². The Morgan fingerprint density at radius 2 is 1.30 bits per heavy atom. The van der Waals surface area contributed by atoms with Crippen molar-refractivity contribution in [2.75, 3.05) is 0 Å². The number of hydrogen-bond donors (Lipinski definition) is 1. The van der Waals surface area contributed by atoms with E-state index in [1.54, 1.807) is 12.1 Å². The minimum atomic E-state index is -1.07. The van der Waals surface area contributed by atoms with Crippen LogP contribution in [0.5, 0.6) is 5.75 Å². The van der Waals surface area contributed by atoms with Crippen LogP contribution in [0.4, 0.5) is 4.79 Å². The molecule has 0 spiro atoms. The van der Waals surface area contributed by atoms with Gasteiger partial charge in [-0.05, 0) is 35.2 Å². The highest BCUT2D eigenvalue weighted by atomic mass is 16.7. The molecule has 0 saturated heterocycles. The quantitative estimate of drug-likeness (QED) is 0.450. The third kappa shape index (κ3) is 6.76. The Kier molecular flexibility index (Phi) is 7.58. The van der Waals surface area contributed by atoms with Gasteiger partial charge in [-0.2, -0.15) is 0 Å². The van der Waals surface area contributed by atoms with Crippen LogP contribution in [-0.2, 0) is 33.9 Å². The number of carbonyl (C=O) groups excluding carboxylic acids is 2. The van der Waals surface area contributed by atoms with Crippen molar-refractivity contribution >= 4 is 12.1 Å². The van der Waals surface area contributed by atoms with Crippen molar-refractivity contribution in [3.63, 3.8) is 0 Å². The van der Waals surface area contributed by atoms with E-state index in [1.807, 2.05) is 72.8 Å². The standard InChI is InChI=1S/C24H23NO5/c25-22(23(26)30-24(27)29-17-20-9-5-2-6-10-20)15-18-11-13-21(14-12-18)28-16-19-7-3-1-4-8-19/h1-14,22H,15-17,25H2/t22-/m0/s1. The number of hydrogen-bond acceptors (Lipinski definition) is 6. The van der Waals surface area contributed by atoms with Crippen LogP contribution in [0.15, 0.2) is 84.9 Å². The maximum absolute atomic E-state index is 12.0. The molecular formula is C24H23NO5. The van der Waals surface area contributed by atoms with E-state index in [9.17, 15) is 9.59 Å². The van der Waals surface area contributed by atoms with E-state index in [4.69, 9.17) is 15.2 Å². The first-order chi connectivity index (χ1) is 14.6. The zero-order chi connectivity index (χ0) is 21.2. The Bertz CT molecular complexity index is 942. The monoisotopic (exact) mass is 405 g/mol. The van der Waals surface area contributed by atoms with Crippen molar-refractivity contribution in [2.24, 2.45) is 5.73 Å². The summed E-state index contributed by atoms with van der Waals surface area (Å²) in [6.45, 7) is 0.490. The average molecular weight is 405 g/mol. The van der Waals surface area contributed by atoms with Crippen molar-refractivity contribution < 1.29 is 23.8 Å². The minimum absolute atomic E-state index is 0.0205. The SMILES string of the molecule is N[C@@H](Cc1ccc(OCc2ccccc2)cc1)C(=O)OC(=O)OCc1ccccc1. The highest BCUT2D eigenvalue weighted by Crippen LogP contribution is 2.15. The van der Waals surface area contributed by atoms with Crippen LogP contribution < -0.4 is 10.5 Å². The van der Waals surface area contributed by atoms with Crippen molar-refractivity contribution in [1.29, 1.82) is 0 Å². The fourth-order valence-corrected chi connectivity index (χ4v) is 2.70. The van der Waals surface area contributed by atoms with E-state index in [2.05, 4.69) is 4.74 Å². The molecule has 0 fully saturated rings. The largest absolute Gasteiger partial charge is 0.516 e. The summed E-state index contributed by atoms with van der Waals surface area (Å²) in [5.74, 6) is -0.124. The lowest BCUT2D eigenvalue weighted by atomic mass is 10.1. The molecule has 0 heterocycles. The molecule has 30 heavy (non-hydrogen) atoms. The molecule has 1 atom stereocenters. The predicted octanol–water partition coefficient (Wildman–Crippen LogP) is 4.02. The molecule has 0 radical (unpaired) electrons. The topological polar surface area (TPSA) is 87.9 Å². The molecule has 0 aliphatic rings. The Labute approximate surface area is 175 Å². The lowest BCUT2D eigenvalue weighted by Crippen LogP contribution is -2.35. The Morgan fingerprint density at radius 3 is 1.90 bits per heavy atom. The van der Waals surface area contributed by atoms with Crippen LogP contribution in [0, 0.1) is 0 Å². The molecule has 6 heteroatoms. The highest BCUT2D eigenvalue weighted by molar-refractivity contribution is 5.85. The van der Waals surface area contributed by atoms with Crippen LogP contribution in [0.3, 0.4) is 0 Å². The highest BCUT2D eigenvalue weighted by Gasteiger charge is 2.20. The van der Waals surface area contributed by atoms with Gasteiger partial charge in [0.15, 0.2) is 0 Å². The number of benzene rings is 3. The van der Waals surface area contributed by atoms with Crippen molar-refractivity contribution in [3.05, 3.63) is 102 Å². The van der Waals surface area contributed by atoms with Gasteiger partial charge in [-0.25, -0.2) is 9.59 Å². The maximum Gasteiger partial charge on any atom is 0.516 e. The zero-order valence-electron chi connectivity index (χ0n) is 16.4. The first-order valence-corrected chi connectivity index (χ1v) is 9.54. The minimum Gasteiger partial charge on any atom is -0.489 e. The van der Waals surface area contributed by atoms with Gasteiger partial charge in [0.25, 0.3) is 0 Å². The molecule has 3 rings (SSSR count). The van der Waals surface area contributed by atoms with Crippen LogP contribution in [0.2, 0.25) is 0 Å². The lowest BCUT2D eigenvalue weighted by Gasteiger charge is -2.11. The molecule has 0 aliphatic heterocycles. The average Bonchev–Trinajstić information content (AvgIpc) is 2.78. The van der Waals surface area contributed by atoms with E-state index < -0.39 is 18.2 Å². The van der Waals surface area contributed by atoms with Crippen LogP contribution in [-0.4, -0.2) is 18.2 Å². The molecule has 3 aromatic rings. The van der Waals surface area contributed by atoms with Crippen molar-refractivity contribution in [1.82, 2.24) is 0 Å². The fraction of sp³-hybridized carbons (Fsp3) is 0.167. The summed E-state index contributed by atoms with van der Waals surface area (Å²) >= 11 is 0. The number of esters is 1. The molecule has 6 nitrogen and oxygen atoms in total. The van der Waals surface area contributed by atoms with Gasteiger partial charge in [0.1, 0.15) is 25.0 Å². The summed E-state index contributed by atoms with van der Waals surface area (Å²) in [5.41, 5.74) is 8.55. The molecule has 0 aliphatic carbocycles. The second-order valence-electron chi connectivity index (χ2n) is 6.67. The summed E-state index contributed by atoms with van der Waals surface area (Å²) in [7, 11) is 0. The lowest BCUT2D eigenvalue weighted by molar-refractivity contribution is -0.141. The van der Waals surface area contributed by atoms with E-state index >= 15 is 0 Å². The van der Waals surface area contributed by atoms with Gasteiger partial charge in [-0.15, -0.1) is 0 Å². The molecule has 0 aromatic heterocycles. The summed E-state index contributed by atoms with van der Waals surface area (Å²) < 4.78 is 15.3. The Morgan fingerprint density at radius 1 is 0.733 bits per heavy atom. The summed E-state index contributed by atoms with van der Waals surface area (Å²) in [6, 6.07) is 25.2. The second-order valence-corrected chi connectivity index (χ2v) is 6.67. The summed E-state index contributed by atoms with van der Waals surface area (Å²) in [6.07, 6.45) is -0.840. The Hall–Kier alpha value is -3.64. The van der Waals surface area contributed by atoms with Crippen molar-refractivity contribution in [3.8, 4) is 5.75 Å². The molecule has 154 valence electrons. The smallest absolute Gasteiger partial charge is 0.489 e. The molecule has 3 aromatic carbocycles. The van der Waals surface area contributed by atoms with Gasteiger partial charge in [-0.3, -0.25) is 0 Å². The van der Waals surface area contributed by atoms with E-state index in [0.717, 1.165) is 16.7 Å². The number of ether oxygens (including phenoxy) is 3. The van der Waals surface area contributed by atoms with Gasteiger partial charge in [0.2, 0.25) is 0 Å². The maximum atomic E-state index is 12.0. The molecule has 0 amide bonds. The van der Waals surface area contributed by atoms with Gasteiger partial charge in [0.05, 0.1) is 0 Å². The molecule has 0 saturated carbocycles. The van der Waals surface area contributed by atoms with Crippen LogP contribution in [0.25, 0.3) is 0 Å². The predicted molar refractivity (Wildman–Crippen MR) is 112 cm³/mol. The molecule has 0 unspecified atom stereocenters. The fourth-order valence-electron chi connectivity index (χ4n) is 2.70. The van der Waals surface area contributed by atoms with E-state index in [1.165, 1.54) is 0 Å². The van der Waals surface area contributed by atoms with E-state index in [-0.39, 0.29) is 13.0 Å². The number of nitrogens with two attached hydrogens (primary N) is 1. The van der Waals surface area contributed by atoms with E-state index in [0.29, 0.717) is 12.4 Å². The van der Waals surface area contributed by atoms with Gasteiger partial charge < -0.3 is 19.9 Å². The zero-order valence-corrected chi connectivity index (χ0v) is 16.4. The summed E-state index contributed by atoms with van der Waals surface area (Å²) in [4.78, 5) is 23.7. The summed E-state index contributed by atoms with van der Waals surface area (Å²) in [5, 5.41) is 0. The second kappa shape index (κ2) is 10.8. The molecular weight excluding hydrogens is 382 g/mol. The van der Waals surface area contributed by atoms with Crippen molar-refractivity contribution in [2.45, 2.75) is 25.7 Å². The first kappa shape index (κ1) is 21.1. The van der Waals surface area contributed by atoms with Gasteiger partial charge in [0, 0.05) is 0 Å². The molecule has 2 N–H and O–H groups in total. The Balaban J connectivity index is 1.42. The van der Waals surface area contributed by atoms with Gasteiger partial charge in [-0.1, -0.05) is 72.8 Å². The van der Waals surface area contributed by atoms with Crippen LogP contribution >= 0.6 is 0 Å². The van der Waals surface area contributed by atoms with Gasteiger partial charge >= 0.3 is 12.1 Å². The number of rotatable bonds is 8. The third-order valence-corrected chi connectivity index (χ3v) is 4.31. The third-order valence-electron chi connectivity index (χ3n) is 4.31. The normalized spacial score (nSPS) is 11.4.